The van der Waals surface area contributed by atoms with Gasteiger partial charge >= 0.3 is 11.9 Å². The highest BCUT2D eigenvalue weighted by Crippen LogP contribution is 2.38. The number of aryl methyl sites for hydroxylation is 1. The molecule has 208 valence electrons. The van der Waals surface area contributed by atoms with Gasteiger partial charge in [0, 0.05) is 33.9 Å². The van der Waals surface area contributed by atoms with E-state index in [0.717, 1.165) is 17.5 Å². The fourth-order valence-corrected chi connectivity index (χ4v) is 4.21. The molecule has 4 rings (SSSR count). The van der Waals surface area contributed by atoms with Crippen molar-refractivity contribution in [2.75, 3.05) is 5.32 Å². The number of anilines is 1. The van der Waals surface area contributed by atoms with Crippen molar-refractivity contribution < 1.29 is 27.6 Å². The van der Waals surface area contributed by atoms with Gasteiger partial charge in [0.2, 0.25) is 5.75 Å². The summed E-state index contributed by atoms with van der Waals surface area (Å²) in [5.41, 5.74) is 1.22. The normalized spacial score (nSPS) is 11.6. The summed E-state index contributed by atoms with van der Waals surface area (Å²) in [6.07, 6.45) is -3.26. The molecular weight excluding hydrogens is 561 g/mol. The van der Waals surface area contributed by atoms with Crippen LogP contribution in [0.4, 0.5) is 24.5 Å². The van der Waals surface area contributed by atoms with Gasteiger partial charge in [-0.15, -0.1) is 0 Å². The maximum absolute atomic E-state index is 13.0. The van der Waals surface area contributed by atoms with Crippen molar-refractivity contribution in [1.29, 1.82) is 5.26 Å². The fraction of sp³-hybridized carbons (Fsp3) is 0.103. The van der Waals surface area contributed by atoms with Gasteiger partial charge in [0.1, 0.15) is 17.4 Å². The Labute approximate surface area is 237 Å². The van der Waals surface area contributed by atoms with Gasteiger partial charge in [-0.3, -0.25) is 14.9 Å². The molecule has 0 aliphatic carbocycles. The molecule has 0 aliphatic rings. The highest BCUT2D eigenvalue weighted by Gasteiger charge is 2.33. The van der Waals surface area contributed by atoms with E-state index < -0.39 is 28.3 Å². The molecule has 0 unspecified atom stereocenters. The molecule has 4 aromatic rings. The van der Waals surface area contributed by atoms with Crippen LogP contribution in [0, 0.1) is 35.3 Å². The summed E-state index contributed by atoms with van der Waals surface area (Å²) in [5, 5.41) is 24.1. The summed E-state index contributed by atoms with van der Waals surface area (Å²) in [5.74, 6) is -0.749. The summed E-state index contributed by atoms with van der Waals surface area (Å²) in [6, 6.07) is 18.6. The number of carbonyl (C=O) groups excluding carboxylic acids is 1. The maximum atomic E-state index is 13.0. The third kappa shape index (κ3) is 6.57. The number of ether oxygens (including phenoxy) is 1. The number of benzene rings is 3. The number of nitro benzene ring substituents is 1. The van der Waals surface area contributed by atoms with E-state index in [9.17, 15) is 33.3 Å². The second-order valence-electron chi connectivity index (χ2n) is 8.83. The Kier molecular flexibility index (Phi) is 8.16. The zero-order valence-corrected chi connectivity index (χ0v) is 22.2. The van der Waals surface area contributed by atoms with Crippen LogP contribution < -0.4 is 10.1 Å². The molecule has 1 amide bonds. The minimum absolute atomic E-state index is 0.109. The van der Waals surface area contributed by atoms with Crippen molar-refractivity contribution >= 4 is 35.0 Å². The monoisotopic (exact) mass is 580 g/mol. The van der Waals surface area contributed by atoms with Crippen LogP contribution >= 0.6 is 11.6 Å². The van der Waals surface area contributed by atoms with Gasteiger partial charge < -0.3 is 14.6 Å². The zero-order chi connectivity index (χ0) is 29.9. The molecule has 0 saturated carbocycles. The Morgan fingerprint density at radius 3 is 2.32 bits per heavy atom. The van der Waals surface area contributed by atoms with Crippen molar-refractivity contribution in [2.24, 2.45) is 0 Å². The molecule has 1 heterocycles. The number of hydrogen-bond donors (Lipinski definition) is 1. The predicted octanol–water partition coefficient (Wildman–Crippen LogP) is 8.01. The van der Waals surface area contributed by atoms with Crippen molar-refractivity contribution in [3.63, 3.8) is 0 Å². The molecule has 1 N–H and O–H groups in total. The number of amides is 1. The largest absolute Gasteiger partial charge is 0.450 e. The number of carbonyl (C=O) groups is 1. The predicted molar refractivity (Wildman–Crippen MR) is 147 cm³/mol. The molecule has 3 aromatic carbocycles. The number of aromatic nitrogens is 1. The number of nitrogens with zero attached hydrogens (tertiary/aromatic N) is 3. The fourth-order valence-electron chi connectivity index (χ4n) is 4.08. The lowest BCUT2D eigenvalue weighted by molar-refractivity contribution is -0.385. The van der Waals surface area contributed by atoms with Gasteiger partial charge in [0.25, 0.3) is 5.91 Å². The molecule has 1 aromatic heterocycles. The van der Waals surface area contributed by atoms with E-state index in [-0.39, 0.29) is 17.1 Å². The maximum Gasteiger partial charge on any atom is 0.416 e. The van der Waals surface area contributed by atoms with Gasteiger partial charge in [0.05, 0.1) is 10.5 Å². The molecule has 41 heavy (non-hydrogen) atoms. The number of rotatable bonds is 7. The lowest BCUT2D eigenvalue weighted by atomic mass is 10.1. The Balaban J connectivity index is 1.57. The average molecular weight is 581 g/mol. The van der Waals surface area contributed by atoms with Crippen LogP contribution in [0.3, 0.4) is 0 Å². The van der Waals surface area contributed by atoms with Crippen LogP contribution in [-0.2, 0) is 11.0 Å². The highest BCUT2D eigenvalue weighted by molar-refractivity contribution is 6.30. The minimum Gasteiger partial charge on any atom is -0.450 e. The van der Waals surface area contributed by atoms with Gasteiger partial charge in [-0.1, -0.05) is 11.6 Å². The first-order valence-electron chi connectivity index (χ1n) is 11.9. The third-order valence-corrected chi connectivity index (χ3v) is 6.29. The van der Waals surface area contributed by atoms with E-state index >= 15 is 0 Å². The standard InChI is InChI=1S/C29H20ClF3N4O4/c1-17-13-19(14-20(16-34)28(38)35-23-6-4-22(30)5-7-23)18(2)36(17)24-8-10-25(11-9-24)41-27-12-3-21(29(31,32)33)15-26(27)37(39)40/h3-15H,1-2H3,(H,35,38)/b20-14-. The molecule has 0 bridgehead atoms. The molecule has 0 fully saturated rings. The van der Waals surface area contributed by atoms with Crippen LogP contribution in [-0.4, -0.2) is 15.4 Å². The number of halogens is 4. The topological polar surface area (TPSA) is 110 Å². The molecule has 0 saturated heterocycles. The van der Waals surface area contributed by atoms with Crippen LogP contribution in [0.15, 0.2) is 78.4 Å². The average Bonchev–Trinajstić information content (AvgIpc) is 3.20. The first-order chi connectivity index (χ1) is 19.4. The van der Waals surface area contributed by atoms with E-state index in [1.807, 2.05) is 17.6 Å². The van der Waals surface area contributed by atoms with Crippen molar-refractivity contribution in [3.05, 3.63) is 116 Å². The van der Waals surface area contributed by atoms with E-state index in [1.54, 1.807) is 49.4 Å². The van der Waals surface area contributed by atoms with Crippen LogP contribution in [0.2, 0.25) is 5.02 Å². The van der Waals surface area contributed by atoms with Gasteiger partial charge in [-0.2, -0.15) is 18.4 Å². The summed E-state index contributed by atoms with van der Waals surface area (Å²) >= 11 is 5.87. The number of nitro groups is 1. The zero-order valence-electron chi connectivity index (χ0n) is 21.5. The van der Waals surface area contributed by atoms with E-state index in [1.165, 1.54) is 18.2 Å². The van der Waals surface area contributed by atoms with Crippen LogP contribution in [0.1, 0.15) is 22.5 Å². The van der Waals surface area contributed by atoms with Crippen molar-refractivity contribution in [2.45, 2.75) is 20.0 Å². The Morgan fingerprint density at radius 2 is 1.73 bits per heavy atom. The summed E-state index contributed by atoms with van der Waals surface area (Å²) in [4.78, 5) is 23.1. The Morgan fingerprint density at radius 1 is 1.07 bits per heavy atom. The quantitative estimate of drug-likeness (QED) is 0.103. The first kappa shape index (κ1) is 28.9. The molecule has 0 atom stereocenters. The van der Waals surface area contributed by atoms with Crippen LogP contribution in [0.25, 0.3) is 11.8 Å². The van der Waals surface area contributed by atoms with Crippen molar-refractivity contribution in [3.8, 4) is 23.3 Å². The summed E-state index contributed by atoms with van der Waals surface area (Å²) < 4.78 is 46.3. The molecule has 0 radical (unpaired) electrons. The third-order valence-electron chi connectivity index (χ3n) is 6.04. The van der Waals surface area contributed by atoms with Gasteiger partial charge in [-0.05, 0) is 92.2 Å². The van der Waals surface area contributed by atoms with E-state index in [2.05, 4.69) is 5.32 Å². The molecule has 0 spiro atoms. The van der Waals surface area contributed by atoms with E-state index in [4.69, 9.17) is 16.3 Å². The summed E-state index contributed by atoms with van der Waals surface area (Å²) in [7, 11) is 0. The second kappa shape index (κ2) is 11.6. The molecular formula is C29H20ClF3N4O4. The lowest BCUT2D eigenvalue weighted by Crippen LogP contribution is -2.13. The number of nitrogens with one attached hydrogen (secondary N) is 1. The lowest BCUT2D eigenvalue weighted by Gasteiger charge is -2.12. The second-order valence-corrected chi connectivity index (χ2v) is 9.26. The Hall–Kier alpha value is -5.08. The number of alkyl halides is 3. The molecule has 12 heteroatoms. The summed E-state index contributed by atoms with van der Waals surface area (Å²) in [6.45, 7) is 3.64. The molecule has 8 nitrogen and oxygen atoms in total. The SMILES string of the molecule is Cc1cc(/C=C(/C#N)C(=O)Nc2ccc(Cl)cc2)c(C)n1-c1ccc(Oc2ccc(C(F)(F)F)cc2[N+](=O)[O-])cc1. The van der Waals surface area contributed by atoms with Gasteiger partial charge in [0.15, 0.2) is 0 Å². The first-order valence-corrected chi connectivity index (χ1v) is 12.3. The number of nitriles is 1. The number of hydrogen-bond acceptors (Lipinski definition) is 5. The van der Waals surface area contributed by atoms with Crippen molar-refractivity contribution in [1.82, 2.24) is 4.57 Å². The Bertz CT molecular complexity index is 1700. The van der Waals surface area contributed by atoms with E-state index in [0.29, 0.717) is 34.1 Å². The minimum atomic E-state index is -4.74. The van der Waals surface area contributed by atoms with Crippen LogP contribution in [0.5, 0.6) is 11.5 Å². The highest BCUT2D eigenvalue weighted by atomic mass is 35.5. The smallest absolute Gasteiger partial charge is 0.416 e. The van der Waals surface area contributed by atoms with Gasteiger partial charge in [-0.25, -0.2) is 0 Å². The molecule has 0 aliphatic heterocycles.